The predicted molar refractivity (Wildman–Crippen MR) is 51.7 cm³/mol. The summed E-state index contributed by atoms with van der Waals surface area (Å²) in [5.41, 5.74) is 1.36. The summed E-state index contributed by atoms with van der Waals surface area (Å²) in [6, 6.07) is 0. The van der Waals surface area contributed by atoms with Crippen LogP contribution >= 0.6 is 0 Å². The van der Waals surface area contributed by atoms with E-state index in [0.29, 0.717) is 0 Å². The largest absolute Gasteiger partial charge is 3.00 e. The Morgan fingerprint density at radius 2 is 2.00 bits per heavy atom. The standard InChI is InChI=1S/C9H17N.CH3.2Y/c1-4-9(3)7-6-8-10-5-2;;;/h5,10H,6-8H2,1-3H3;1H3;;/q-2;-1;;+3. The van der Waals surface area contributed by atoms with Gasteiger partial charge in [0.1, 0.15) is 0 Å². The molecular weight excluding hydrogens is 312 g/mol. The summed E-state index contributed by atoms with van der Waals surface area (Å²) in [6.45, 7) is 9.16. The molecule has 0 amide bonds. The molecule has 1 nitrogen and oxygen atoms in total. The smallest absolute Gasteiger partial charge is 0.501 e. The van der Waals surface area contributed by atoms with Gasteiger partial charge in [0.25, 0.3) is 0 Å². The molecule has 0 aromatic carbocycles. The molecule has 0 aliphatic heterocycles. The summed E-state index contributed by atoms with van der Waals surface area (Å²) in [7, 11) is 0. The first-order valence-corrected chi connectivity index (χ1v) is 3.82. The van der Waals surface area contributed by atoms with Crippen LogP contribution in [-0.2, 0) is 65.4 Å². The van der Waals surface area contributed by atoms with Crippen molar-refractivity contribution in [1.29, 1.82) is 0 Å². The van der Waals surface area contributed by atoms with Gasteiger partial charge in [-0.25, -0.2) is 0 Å². The maximum Gasteiger partial charge on any atom is 3.00 e. The van der Waals surface area contributed by atoms with Gasteiger partial charge in [-0.1, -0.05) is 13.3 Å². The Hall–Kier alpha value is 1.91. The monoisotopic (exact) mass is 332 g/mol. The van der Waals surface area contributed by atoms with E-state index in [4.69, 9.17) is 0 Å². The molecule has 0 unspecified atom stereocenters. The Balaban J connectivity index is -0.000000135. The molecular formula is C10H20NY2. The van der Waals surface area contributed by atoms with Gasteiger partial charge in [-0.2, -0.15) is 13.8 Å². The van der Waals surface area contributed by atoms with Gasteiger partial charge < -0.3 is 18.8 Å². The Morgan fingerprint density at radius 1 is 1.46 bits per heavy atom. The summed E-state index contributed by atoms with van der Waals surface area (Å²) in [5.74, 6) is 0. The number of allylic oxidation sites excluding steroid dienone is 2. The number of rotatable bonds is 5. The van der Waals surface area contributed by atoms with Gasteiger partial charge in [0, 0.05) is 32.7 Å². The quantitative estimate of drug-likeness (QED) is 0.603. The van der Waals surface area contributed by atoms with Crippen LogP contribution in [0.1, 0.15) is 33.6 Å². The summed E-state index contributed by atoms with van der Waals surface area (Å²) < 4.78 is 0. The summed E-state index contributed by atoms with van der Waals surface area (Å²) >= 11 is 0. The molecule has 13 heavy (non-hydrogen) atoms. The molecule has 0 atom stereocenters. The SMILES string of the molecule is C[C-]=C(C)CCCN[CH-]C.[CH3-].[Y+3].[Y]. The maximum atomic E-state index is 3.16. The Bertz CT molecular complexity index is 103. The zero-order chi connectivity index (χ0) is 7.82. The molecule has 0 aliphatic carbocycles. The third-order valence-corrected chi connectivity index (χ3v) is 1.50. The second-order valence-corrected chi connectivity index (χ2v) is 2.38. The van der Waals surface area contributed by atoms with Gasteiger partial charge in [-0.15, -0.1) is 0 Å². The first-order chi connectivity index (χ1) is 4.81. The summed E-state index contributed by atoms with van der Waals surface area (Å²) in [4.78, 5) is 0. The van der Waals surface area contributed by atoms with Crippen LogP contribution in [0.2, 0.25) is 0 Å². The molecule has 1 N–H and O–H groups in total. The van der Waals surface area contributed by atoms with E-state index in [0.717, 1.165) is 13.0 Å². The first-order valence-electron chi connectivity index (χ1n) is 3.82. The van der Waals surface area contributed by atoms with Gasteiger partial charge in [0.05, 0.1) is 0 Å². The second-order valence-electron chi connectivity index (χ2n) is 2.38. The topological polar surface area (TPSA) is 12.0 Å². The van der Waals surface area contributed by atoms with E-state index in [1.165, 1.54) is 12.0 Å². The third kappa shape index (κ3) is 20.1. The number of hydrogen-bond donors (Lipinski definition) is 1. The molecule has 0 bridgehead atoms. The third-order valence-electron chi connectivity index (χ3n) is 1.50. The average molecular weight is 332 g/mol. The fraction of sp³-hybridized carbons (Fsp3) is 0.600. The van der Waals surface area contributed by atoms with E-state index in [2.05, 4.69) is 18.3 Å². The van der Waals surface area contributed by atoms with Crippen LogP contribution in [0.25, 0.3) is 0 Å². The average Bonchev–Trinajstić information content (AvgIpc) is 1.98. The number of hydrogen-bond acceptors (Lipinski definition) is 1. The molecule has 0 saturated carbocycles. The van der Waals surface area contributed by atoms with Crippen molar-refractivity contribution in [1.82, 2.24) is 5.32 Å². The summed E-state index contributed by atoms with van der Waals surface area (Å²) in [5, 5.41) is 3.16. The van der Waals surface area contributed by atoms with Gasteiger partial charge in [-0.05, 0) is 13.0 Å². The van der Waals surface area contributed by atoms with Crippen LogP contribution in [-0.4, -0.2) is 6.54 Å². The van der Waals surface area contributed by atoms with Crippen molar-refractivity contribution in [3.05, 3.63) is 25.6 Å². The van der Waals surface area contributed by atoms with Crippen LogP contribution in [0.3, 0.4) is 0 Å². The second kappa shape index (κ2) is 19.5. The Labute approximate surface area is 135 Å². The van der Waals surface area contributed by atoms with Crippen molar-refractivity contribution in [2.24, 2.45) is 0 Å². The van der Waals surface area contributed by atoms with Crippen molar-refractivity contribution in [3.8, 4) is 0 Å². The maximum absolute atomic E-state index is 3.16. The molecule has 0 spiro atoms. The van der Waals surface area contributed by atoms with Gasteiger partial charge in [0.15, 0.2) is 0 Å². The van der Waals surface area contributed by atoms with E-state index in [1.54, 1.807) is 0 Å². The normalized spacial score (nSPS) is 9.31. The van der Waals surface area contributed by atoms with Crippen LogP contribution in [0.5, 0.6) is 0 Å². The minimum absolute atomic E-state index is 0. The summed E-state index contributed by atoms with van der Waals surface area (Å²) in [6.07, 6.45) is 5.49. The fourth-order valence-corrected chi connectivity index (χ4v) is 0.725. The Morgan fingerprint density at radius 3 is 2.38 bits per heavy atom. The van der Waals surface area contributed by atoms with Crippen molar-refractivity contribution in [2.45, 2.75) is 33.6 Å². The Kier molecular flexibility index (Phi) is 36.3. The van der Waals surface area contributed by atoms with E-state index in [9.17, 15) is 0 Å². The van der Waals surface area contributed by atoms with Gasteiger partial charge in [-0.3, -0.25) is 12.1 Å². The predicted octanol–water partition coefficient (Wildman–Crippen LogP) is 2.75. The molecule has 0 rings (SSSR count). The zero-order valence-corrected chi connectivity index (χ0v) is 15.0. The van der Waals surface area contributed by atoms with Gasteiger partial charge in [0.2, 0.25) is 0 Å². The molecule has 0 saturated heterocycles. The zero-order valence-electron chi connectivity index (χ0n) is 9.35. The van der Waals surface area contributed by atoms with Crippen LogP contribution in [0, 0.1) is 20.0 Å². The van der Waals surface area contributed by atoms with Crippen molar-refractivity contribution in [2.75, 3.05) is 6.54 Å². The van der Waals surface area contributed by atoms with Gasteiger partial charge >= 0.3 is 32.7 Å². The minimum Gasteiger partial charge on any atom is -0.501 e. The first kappa shape index (κ1) is 24.2. The van der Waals surface area contributed by atoms with E-state index >= 15 is 0 Å². The van der Waals surface area contributed by atoms with Crippen molar-refractivity contribution < 1.29 is 65.4 Å². The fourth-order valence-electron chi connectivity index (χ4n) is 0.725. The molecule has 0 aromatic heterocycles. The molecule has 0 aromatic rings. The molecule has 0 fully saturated rings. The van der Waals surface area contributed by atoms with Crippen LogP contribution in [0.15, 0.2) is 5.57 Å². The number of nitrogens with one attached hydrogen (secondary N) is 1. The van der Waals surface area contributed by atoms with Crippen molar-refractivity contribution in [3.63, 3.8) is 0 Å². The van der Waals surface area contributed by atoms with Crippen molar-refractivity contribution >= 4 is 0 Å². The van der Waals surface area contributed by atoms with E-state index in [-0.39, 0.29) is 72.8 Å². The molecule has 0 heterocycles. The molecule has 0 aliphatic rings. The van der Waals surface area contributed by atoms with Crippen LogP contribution in [0.4, 0.5) is 0 Å². The molecule has 1 radical (unpaired) electrons. The minimum atomic E-state index is 0. The van der Waals surface area contributed by atoms with Crippen LogP contribution < -0.4 is 5.32 Å². The molecule has 71 valence electrons. The molecule has 3 heteroatoms. The van der Waals surface area contributed by atoms with E-state index in [1.807, 2.05) is 20.4 Å². The van der Waals surface area contributed by atoms with E-state index < -0.39 is 0 Å².